The molecule has 0 saturated carbocycles. The average Bonchev–Trinajstić information content (AvgIpc) is 3.16. The van der Waals surface area contributed by atoms with Gasteiger partial charge in [-0.1, -0.05) is 80.6 Å². The third-order valence-electron chi connectivity index (χ3n) is 7.02. The second kappa shape index (κ2) is 12.6. The van der Waals surface area contributed by atoms with Gasteiger partial charge in [-0.3, -0.25) is 14.5 Å². The number of nitrogens with one attached hydrogen (secondary N) is 1. The Labute approximate surface area is 231 Å². The minimum atomic E-state index is -0.832. The monoisotopic (exact) mass is 526 g/mol. The number of carbonyl (C=O) groups excluding carboxylic acids is 2. The van der Waals surface area contributed by atoms with E-state index in [1.54, 1.807) is 12.0 Å². The van der Waals surface area contributed by atoms with Crippen LogP contribution in [0.3, 0.4) is 0 Å². The highest BCUT2D eigenvalue weighted by atomic mass is 16.5. The lowest BCUT2D eigenvalue weighted by Gasteiger charge is -2.28. The van der Waals surface area contributed by atoms with Gasteiger partial charge in [0, 0.05) is 6.54 Å². The molecule has 7 nitrogen and oxygen atoms in total. The van der Waals surface area contributed by atoms with E-state index in [4.69, 9.17) is 15.5 Å². The molecule has 0 bridgehead atoms. The Balaban J connectivity index is 1.35. The number of methoxy groups -OCH3 is 1. The van der Waals surface area contributed by atoms with Crippen molar-refractivity contribution in [3.05, 3.63) is 101 Å². The van der Waals surface area contributed by atoms with Crippen molar-refractivity contribution in [2.24, 2.45) is 16.6 Å². The standard InChI is InChI=1S/C32H38N4O3/c1-23(2)20-32(17-16-24-8-5-4-6-9-24)30(38)36(31(33)35-32)22-26-14-12-25(13-15-26)21-34-29(37)19-27-10-7-11-28(18-27)39-3/h4-15,18,23H,16-17,19-22H2,1-3H3,(H2,33,35)(H,34,37). The molecule has 1 atom stereocenters. The van der Waals surface area contributed by atoms with Crippen LogP contribution in [0.5, 0.6) is 5.75 Å². The van der Waals surface area contributed by atoms with Crippen LogP contribution in [-0.4, -0.2) is 35.3 Å². The molecule has 1 aliphatic heterocycles. The van der Waals surface area contributed by atoms with Crippen molar-refractivity contribution in [1.82, 2.24) is 10.2 Å². The summed E-state index contributed by atoms with van der Waals surface area (Å²) in [6, 6.07) is 25.5. The topological polar surface area (TPSA) is 97.0 Å². The molecule has 0 spiro atoms. The first kappa shape index (κ1) is 27.9. The van der Waals surface area contributed by atoms with Crippen molar-refractivity contribution in [2.45, 2.75) is 58.2 Å². The van der Waals surface area contributed by atoms with E-state index in [1.165, 1.54) is 5.56 Å². The van der Waals surface area contributed by atoms with E-state index in [9.17, 15) is 9.59 Å². The molecule has 0 radical (unpaired) electrons. The Kier molecular flexibility index (Phi) is 9.02. The number of ether oxygens (including phenoxy) is 1. The van der Waals surface area contributed by atoms with Crippen molar-refractivity contribution in [2.75, 3.05) is 7.11 Å². The number of nitrogens with two attached hydrogens (primary N) is 1. The Morgan fingerprint density at radius 1 is 0.974 bits per heavy atom. The van der Waals surface area contributed by atoms with E-state index in [1.807, 2.05) is 66.7 Å². The van der Waals surface area contributed by atoms with Crippen molar-refractivity contribution in [1.29, 1.82) is 0 Å². The number of benzene rings is 3. The molecule has 3 N–H and O–H groups in total. The molecule has 7 heteroatoms. The highest BCUT2D eigenvalue weighted by Gasteiger charge is 2.47. The van der Waals surface area contributed by atoms with E-state index >= 15 is 0 Å². The molecule has 2 amide bonds. The van der Waals surface area contributed by atoms with E-state index in [0.29, 0.717) is 31.8 Å². The maximum absolute atomic E-state index is 13.7. The van der Waals surface area contributed by atoms with Gasteiger partial charge in [-0.2, -0.15) is 0 Å². The molecular formula is C32H38N4O3. The third-order valence-corrected chi connectivity index (χ3v) is 7.02. The molecule has 3 aromatic carbocycles. The number of aliphatic imine (C=N–C) groups is 1. The quantitative estimate of drug-likeness (QED) is 0.360. The molecule has 1 heterocycles. The highest BCUT2D eigenvalue weighted by molar-refractivity contribution is 6.06. The van der Waals surface area contributed by atoms with E-state index in [2.05, 4.69) is 31.3 Å². The normalized spacial score (nSPS) is 16.9. The van der Waals surface area contributed by atoms with Crippen LogP contribution in [-0.2, 0) is 35.5 Å². The van der Waals surface area contributed by atoms with Gasteiger partial charge in [-0.15, -0.1) is 0 Å². The van der Waals surface area contributed by atoms with Gasteiger partial charge in [0.25, 0.3) is 5.91 Å². The number of guanidine groups is 1. The molecule has 0 saturated heterocycles. The van der Waals surface area contributed by atoms with Gasteiger partial charge >= 0.3 is 0 Å². The number of nitrogens with zero attached hydrogens (tertiary/aromatic N) is 2. The van der Waals surface area contributed by atoms with Crippen molar-refractivity contribution in [3.8, 4) is 5.75 Å². The zero-order valence-electron chi connectivity index (χ0n) is 23.0. The number of amides is 2. The van der Waals surface area contributed by atoms with Crippen LogP contribution in [0, 0.1) is 5.92 Å². The average molecular weight is 527 g/mol. The van der Waals surface area contributed by atoms with Gasteiger partial charge in [0.1, 0.15) is 11.3 Å². The first-order chi connectivity index (χ1) is 18.8. The lowest BCUT2D eigenvalue weighted by atomic mass is 9.83. The summed E-state index contributed by atoms with van der Waals surface area (Å²) in [4.78, 5) is 32.5. The van der Waals surface area contributed by atoms with Gasteiger partial charge in [-0.05, 0) is 59.6 Å². The van der Waals surface area contributed by atoms with E-state index in [-0.39, 0.29) is 24.2 Å². The van der Waals surface area contributed by atoms with Crippen LogP contribution < -0.4 is 15.8 Å². The van der Waals surface area contributed by atoms with Crippen LogP contribution in [0.1, 0.15) is 48.9 Å². The van der Waals surface area contributed by atoms with Gasteiger partial charge in [0.05, 0.1) is 20.1 Å². The molecule has 1 aliphatic rings. The Morgan fingerprint density at radius 2 is 1.67 bits per heavy atom. The summed E-state index contributed by atoms with van der Waals surface area (Å²) < 4.78 is 5.22. The predicted octanol–water partition coefficient (Wildman–Crippen LogP) is 4.63. The number of hydrogen-bond donors (Lipinski definition) is 2. The van der Waals surface area contributed by atoms with Gasteiger partial charge in [0.15, 0.2) is 5.96 Å². The van der Waals surface area contributed by atoms with E-state index < -0.39 is 5.54 Å². The van der Waals surface area contributed by atoms with Crippen molar-refractivity contribution in [3.63, 3.8) is 0 Å². The maximum atomic E-state index is 13.7. The summed E-state index contributed by atoms with van der Waals surface area (Å²) in [6.45, 7) is 5.01. The minimum Gasteiger partial charge on any atom is -0.497 e. The fourth-order valence-corrected chi connectivity index (χ4v) is 5.08. The Hall–Kier alpha value is -4.13. The Bertz CT molecular complexity index is 1300. The van der Waals surface area contributed by atoms with Crippen molar-refractivity contribution < 1.29 is 14.3 Å². The van der Waals surface area contributed by atoms with Crippen molar-refractivity contribution >= 4 is 17.8 Å². The highest BCUT2D eigenvalue weighted by Crippen LogP contribution is 2.34. The molecule has 0 fully saturated rings. The first-order valence-corrected chi connectivity index (χ1v) is 13.5. The van der Waals surface area contributed by atoms with Crippen LogP contribution >= 0.6 is 0 Å². The fraction of sp³-hybridized carbons (Fsp3) is 0.344. The molecule has 39 heavy (non-hydrogen) atoms. The molecule has 0 aromatic heterocycles. The number of aryl methyl sites for hydroxylation is 1. The summed E-state index contributed by atoms with van der Waals surface area (Å²) in [5.41, 5.74) is 9.51. The smallest absolute Gasteiger partial charge is 0.257 e. The lowest BCUT2D eigenvalue weighted by Crippen LogP contribution is -2.44. The number of rotatable bonds is 12. The summed E-state index contributed by atoms with van der Waals surface area (Å²) in [5, 5.41) is 2.96. The molecule has 204 valence electrons. The first-order valence-electron chi connectivity index (χ1n) is 13.5. The lowest BCUT2D eigenvalue weighted by molar-refractivity contribution is -0.132. The molecule has 1 unspecified atom stereocenters. The summed E-state index contributed by atoms with van der Waals surface area (Å²) >= 11 is 0. The van der Waals surface area contributed by atoms with Crippen LogP contribution in [0.4, 0.5) is 0 Å². The molecule has 0 aliphatic carbocycles. The van der Waals surface area contributed by atoms with Crippen LogP contribution in [0.15, 0.2) is 83.9 Å². The van der Waals surface area contributed by atoms with Gasteiger partial charge < -0.3 is 15.8 Å². The zero-order valence-corrected chi connectivity index (χ0v) is 23.0. The Morgan fingerprint density at radius 3 is 2.36 bits per heavy atom. The predicted molar refractivity (Wildman–Crippen MR) is 154 cm³/mol. The second-order valence-corrected chi connectivity index (χ2v) is 10.6. The van der Waals surface area contributed by atoms with Gasteiger partial charge in [-0.25, -0.2) is 4.99 Å². The van der Waals surface area contributed by atoms with Gasteiger partial charge in [0.2, 0.25) is 5.91 Å². The summed E-state index contributed by atoms with van der Waals surface area (Å²) in [5.74, 6) is 1.23. The molecule has 3 aromatic rings. The zero-order chi connectivity index (χ0) is 27.8. The number of hydrogen-bond acceptors (Lipinski definition) is 5. The van der Waals surface area contributed by atoms with Crippen LogP contribution in [0.2, 0.25) is 0 Å². The minimum absolute atomic E-state index is 0.0292. The molecular weight excluding hydrogens is 488 g/mol. The summed E-state index contributed by atoms with van der Waals surface area (Å²) in [6.07, 6.45) is 2.33. The SMILES string of the molecule is COc1cccc(CC(=O)NCc2ccc(CN3C(=O)C(CCc4ccccc4)(CC(C)C)N=C3N)cc2)c1. The second-order valence-electron chi connectivity index (χ2n) is 10.6. The largest absolute Gasteiger partial charge is 0.497 e. The van der Waals surface area contributed by atoms with Crippen LogP contribution in [0.25, 0.3) is 0 Å². The summed E-state index contributed by atoms with van der Waals surface area (Å²) in [7, 11) is 1.61. The fourth-order valence-electron chi connectivity index (χ4n) is 5.08. The number of carbonyl (C=O) groups is 2. The third kappa shape index (κ3) is 7.25. The molecule has 4 rings (SSSR count). The van der Waals surface area contributed by atoms with E-state index in [0.717, 1.165) is 28.9 Å². The maximum Gasteiger partial charge on any atom is 0.257 e.